The molecule has 5 rings (SSSR count). The van der Waals surface area contributed by atoms with Crippen molar-refractivity contribution in [2.75, 3.05) is 0 Å². The molecule has 1 aliphatic rings. The Balaban J connectivity index is 1.95. The van der Waals surface area contributed by atoms with E-state index in [1.54, 1.807) is 0 Å². The average Bonchev–Trinajstić information content (AvgIpc) is 3.01. The molecule has 1 aliphatic heterocycles. The third-order valence-corrected chi connectivity index (χ3v) is 10.1. The highest BCUT2D eigenvalue weighted by molar-refractivity contribution is 7.04. The molecule has 3 heteroatoms. The maximum atomic E-state index is 9.56. The topological polar surface area (TPSA) is 27.7 Å². The molecule has 0 radical (unpaired) electrons. The number of hydrogen-bond acceptors (Lipinski definition) is 1. The van der Waals surface area contributed by atoms with Crippen molar-refractivity contribution in [3.8, 4) is 39.6 Å². The second kappa shape index (κ2) is 7.04. The van der Waals surface area contributed by atoms with Crippen LogP contribution in [0.15, 0.2) is 79.0 Å². The number of nitriles is 1. The second-order valence-corrected chi connectivity index (χ2v) is 13.2. The van der Waals surface area contributed by atoms with Gasteiger partial charge in [0.05, 0.1) is 11.6 Å². The van der Waals surface area contributed by atoms with Crippen LogP contribution in [-0.2, 0) is 7.05 Å². The minimum atomic E-state index is -2.04. The van der Waals surface area contributed by atoms with Gasteiger partial charge in [-0.2, -0.15) is 5.26 Å². The van der Waals surface area contributed by atoms with E-state index in [0.717, 1.165) is 5.56 Å². The van der Waals surface area contributed by atoms with Gasteiger partial charge >= 0.3 is 0 Å². The zero-order valence-corrected chi connectivity index (χ0v) is 19.4. The summed E-state index contributed by atoms with van der Waals surface area (Å²) in [6.07, 6.45) is 2.12. The summed E-state index contributed by atoms with van der Waals surface area (Å²) >= 11 is 0. The van der Waals surface area contributed by atoms with E-state index < -0.39 is 8.07 Å². The van der Waals surface area contributed by atoms with Crippen LogP contribution in [0.5, 0.6) is 0 Å². The first-order chi connectivity index (χ1) is 14.9. The summed E-state index contributed by atoms with van der Waals surface area (Å²) in [5, 5.41) is 12.4. The Morgan fingerprint density at radius 1 is 0.839 bits per heavy atom. The number of rotatable bonds is 2. The third-order valence-electron chi connectivity index (χ3n) is 6.64. The molecule has 3 aromatic carbocycles. The van der Waals surface area contributed by atoms with Crippen molar-refractivity contribution in [1.29, 1.82) is 5.26 Å². The number of hydrogen-bond donors (Lipinski definition) is 0. The van der Waals surface area contributed by atoms with Gasteiger partial charge < -0.3 is 0 Å². The van der Waals surface area contributed by atoms with E-state index in [-0.39, 0.29) is 0 Å². The summed E-state index contributed by atoms with van der Waals surface area (Å²) < 4.78 is 2.22. The number of benzene rings is 3. The zero-order chi connectivity index (χ0) is 21.8. The molecule has 0 saturated carbocycles. The minimum Gasteiger partial charge on any atom is -0.201 e. The Bertz CT molecular complexity index is 1380. The first-order valence-corrected chi connectivity index (χ1v) is 13.7. The van der Waals surface area contributed by atoms with Gasteiger partial charge in [0.1, 0.15) is 15.1 Å². The van der Waals surface area contributed by atoms with Gasteiger partial charge in [-0.05, 0) is 69.4 Å². The van der Waals surface area contributed by atoms with Crippen LogP contribution in [0.1, 0.15) is 11.1 Å². The van der Waals surface area contributed by atoms with Gasteiger partial charge in [-0.1, -0.05) is 49.5 Å². The van der Waals surface area contributed by atoms with Crippen LogP contribution in [0.4, 0.5) is 0 Å². The SMILES string of the molecule is Cc1cc(-c2ccccc2)c2c(c1-c1cccc[n+]1C)[Si](C)(C)c1cc(C#N)ccc1-2. The lowest BCUT2D eigenvalue weighted by Gasteiger charge is -2.24. The van der Waals surface area contributed by atoms with Crippen molar-refractivity contribution in [3.05, 3.63) is 90.1 Å². The Hall–Kier alpha value is -3.48. The molecule has 0 spiro atoms. The fourth-order valence-electron chi connectivity index (χ4n) is 5.16. The molecule has 0 atom stereocenters. The van der Waals surface area contributed by atoms with E-state index in [0.29, 0.717) is 0 Å². The van der Waals surface area contributed by atoms with Crippen molar-refractivity contribution < 1.29 is 4.57 Å². The van der Waals surface area contributed by atoms with Crippen LogP contribution in [0.2, 0.25) is 13.1 Å². The molecule has 0 unspecified atom stereocenters. The van der Waals surface area contributed by atoms with Gasteiger partial charge in [-0.25, -0.2) is 4.57 Å². The van der Waals surface area contributed by atoms with Crippen molar-refractivity contribution in [2.24, 2.45) is 7.05 Å². The predicted octanol–water partition coefficient (Wildman–Crippen LogP) is 4.83. The molecule has 0 N–H and O–H groups in total. The molecule has 0 amide bonds. The molecule has 1 aromatic heterocycles. The molecule has 0 fully saturated rings. The fourth-order valence-corrected chi connectivity index (χ4v) is 8.68. The molecule has 0 aliphatic carbocycles. The van der Waals surface area contributed by atoms with Gasteiger partial charge in [0.25, 0.3) is 0 Å². The Morgan fingerprint density at radius 2 is 1.58 bits per heavy atom. The lowest BCUT2D eigenvalue weighted by Crippen LogP contribution is -2.51. The van der Waals surface area contributed by atoms with E-state index in [4.69, 9.17) is 0 Å². The average molecular weight is 418 g/mol. The van der Waals surface area contributed by atoms with Crippen molar-refractivity contribution in [1.82, 2.24) is 0 Å². The number of nitrogens with zero attached hydrogens (tertiary/aromatic N) is 2. The van der Waals surface area contributed by atoms with E-state index in [9.17, 15) is 5.26 Å². The zero-order valence-electron chi connectivity index (χ0n) is 18.4. The maximum Gasteiger partial charge on any atom is 0.212 e. The van der Waals surface area contributed by atoms with E-state index in [1.165, 1.54) is 49.4 Å². The molecule has 150 valence electrons. The molecule has 0 bridgehead atoms. The monoisotopic (exact) mass is 417 g/mol. The largest absolute Gasteiger partial charge is 0.212 e. The normalized spacial score (nSPS) is 13.4. The van der Waals surface area contributed by atoms with E-state index >= 15 is 0 Å². The summed E-state index contributed by atoms with van der Waals surface area (Å²) in [5.74, 6) is 0. The maximum absolute atomic E-state index is 9.56. The lowest BCUT2D eigenvalue weighted by atomic mass is 9.89. The Morgan fingerprint density at radius 3 is 2.29 bits per heavy atom. The summed E-state index contributed by atoms with van der Waals surface area (Å²) in [6, 6.07) is 28.1. The van der Waals surface area contributed by atoms with Gasteiger partial charge in [0, 0.05) is 17.7 Å². The minimum absolute atomic E-state index is 0.747. The second-order valence-electron chi connectivity index (χ2n) is 8.93. The molecule has 0 saturated heterocycles. The van der Waals surface area contributed by atoms with Gasteiger partial charge in [0.15, 0.2) is 6.20 Å². The highest BCUT2D eigenvalue weighted by Gasteiger charge is 2.43. The highest BCUT2D eigenvalue weighted by atomic mass is 28.3. The van der Waals surface area contributed by atoms with Crippen LogP contribution in [0, 0.1) is 18.3 Å². The summed E-state index contributed by atoms with van der Waals surface area (Å²) in [4.78, 5) is 0. The van der Waals surface area contributed by atoms with Gasteiger partial charge in [-0.3, -0.25) is 0 Å². The number of aromatic nitrogens is 1. The number of pyridine rings is 1. The molecule has 2 nitrogen and oxygen atoms in total. The van der Waals surface area contributed by atoms with Crippen LogP contribution in [0.25, 0.3) is 33.5 Å². The van der Waals surface area contributed by atoms with E-state index in [2.05, 4.69) is 111 Å². The van der Waals surface area contributed by atoms with Gasteiger partial charge in [0.2, 0.25) is 5.69 Å². The lowest BCUT2D eigenvalue weighted by molar-refractivity contribution is -0.660. The van der Waals surface area contributed by atoms with E-state index in [1.807, 2.05) is 6.07 Å². The predicted molar refractivity (Wildman–Crippen MR) is 130 cm³/mol. The summed E-state index contributed by atoms with van der Waals surface area (Å²) in [6.45, 7) is 7.10. The van der Waals surface area contributed by atoms with Crippen LogP contribution >= 0.6 is 0 Å². The van der Waals surface area contributed by atoms with Crippen molar-refractivity contribution >= 4 is 18.4 Å². The third kappa shape index (κ3) is 2.87. The number of aryl methyl sites for hydroxylation is 2. The Kier molecular flexibility index (Phi) is 4.42. The van der Waals surface area contributed by atoms with Crippen molar-refractivity contribution in [2.45, 2.75) is 20.0 Å². The van der Waals surface area contributed by atoms with Crippen LogP contribution < -0.4 is 14.9 Å². The van der Waals surface area contributed by atoms with Crippen LogP contribution in [-0.4, -0.2) is 8.07 Å². The smallest absolute Gasteiger partial charge is 0.201 e. The van der Waals surface area contributed by atoms with Crippen molar-refractivity contribution in [3.63, 3.8) is 0 Å². The quantitative estimate of drug-likeness (QED) is 0.339. The van der Waals surface area contributed by atoms with Gasteiger partial charge in [-0.15, -0.1) is 0 Å². The molecule has 31 heavy (non-hydrogen) atoms. The molecular formula is C28H25N2Si+. The fraction of sp³-hybridized carbons (Fsp3) is 0.143. The standard InChI is InChI=1S/C28H25N2Si/c1-19-16-23(21-10-6-5-7-11-21)27-22-14-13-20(18-29)17-25(22)31(3,4)28(27)26(19)24-12-8-9-15-30(24)2/h5-17H,1-4H3/q+1. The Labute approximate surface area is 185 Å². The summed E-state index contributed by atoms with van der Waals surface area (Å²) in [5.41, 5.74) is 9.82. The summed E-state index contributed by atoms with van der Waals surface area (Å²) in [7, 11) is 0.0822. The first kappa shape index (κ1) is 19.5. The highest BCUT2D eigenvalue weighted by Crippen LogP contribution is 2.41. The van der Waals surface area contributed by atoms with Crippen LogP contribution in [0.3, 0.4) is 0 Å². The first-order valence-electron chi connectivity index (χ1n) is 10.7. The number of fused-ring (bicyclic) bond motifs is 3. The molecule has 2 heterocycles. The molecule has 4 aromatic rings. The molecular weight excluding hydrogens is 392 g/mol.